The largest absolute Gasteiger partial charge is 0.414 e. The molecule has 0 aromatic heterocycles. The van der Waals surface area contributed by atoms with Crippen LogP contribution >= 0.6 is 0 Å². The summed E-state index contributed by atoms with van der Waals surface area (Å²) in [5.74, 6) is -0.165. The van der Waals surface area contributed by atoms with Crippen LogP contribution in [0.2, 0.25) is 18.1 Å². The lowest BCUT2D eigenvalue weighted by Gasteiger charge is -2.36. The topological polar surface area (TPSA) is 59.1 Å². The lowest BCUT2D eigenvalue weighted by Crippen LogP contribution is -2.41. The first kappa shape index (κ1) is 18.1. The van der Waals surface area contributed by atoms with Crippen molar-refractivity contribution >= 4 is 20.3 Å². The Bertz CT molecular complexity index is 393. The van der Waals surface area contributed by atoms with Crippen LogP contribution in [0.5, 0.6) is 0 Å². The predicted molar refractivity (Wildman–Crippen MR) is 83.7 cm³/mol. The number of likely N-dealkylation sites (N-methyl/N-ethyl adjacent to an activating group) is 1. The molecule has 21 heavy (non-hydrogen) atoms. The van der Waals surface area contributed by atoms with Gasteiger partial charge in [0, 0.05) is 13.6 Å². The van der Waals surface area contributed by atoms with Gasteiger partial charge in [-0.25, -0.2) is 4.79 Å². The average Bonchev–Trinajstić information content (AvgIpc) is 2.60. The van der Waals surface area contributed by atoms with Gasteiger partial charge in [0.25, 0.3) is 0 Å². The Kier molecular flexibility index (Phi) is 5.95. The molecule has 3 amide bonds. The van der Waals surface area contributed by atoms with E-state index in [0.29, 0.717) is 26.4 Å². The van der Waals surface area contributed by atoms with Gasteiger partial charge in [-0.3, -0.25) is 9.69 Å². The summed E-state index contributed by atoms with van der Waals surface area (Å²) in [6, 6.07) is -0.249. The number of urea groups is 1. The number of hydrogen-bond donors (Lipinski definition) is 0. The molecule has 0 aliphatic carbocycles. The Morgan fingerprint density at radius 1 is 1.14 bits per heavy atom. The first-order valence-corrected chi connectivity index (χ1v) is 10.2. The quantitative estimate of drug-likeness (QED) is 0.409. The van der Waals surface area contributed by atoms with Gasteiger partial charge in [0.2, 0.25) is 5.91 Å². The molecule has 0 atom stereocenters. The van der Waals surface area contributed by atoms with Crippen LogP contribution in [-0.4, -0.2) is 70.0 Å². The minimum absolute atomic E-state index is 0.152. The third-order valence-corrected chi connectivity index (χ3v) is 8.80. The lowest BCUT2D eigenvalue weighted by molar-refractivity contribution is -0.124. The van der Waals surface area contributed by atoms with Crippen molar-refractivity contribution in [2.45, 2.75) is 38.9 Å². The van der Waals surface area contributed by atoms with Crippen molar-refractivity contribution in [2.75, 3.05) is 40.0 Å². The molecule has 0 aromatic rings. The molecule has 0 saturated carbocycles. The first-order valence-electron chi connectivity index (χ1n) is 7.33. The molecule has 0 N–H and O–H groups in total. The van der Waals surface area contributed by atoms with Crippen molar-refractivity contribution in [3.8, 4) is 0 Å². The molecular weight excluding hydrogens is 288 g/mol. The Labute approximate surface area is 128 Å². The minimum atomic E-state index is -1.72. The van der Waals surface area contributed by atoms with E-state index in [1.54, 1.807) is 0 Å². The number of carbonyl (C=O) groups excluding carboxylic acids is 2. The maximum atomic E-state index is 11.6. The third-order valence-electron chi connectivity index (χ3n) is 4.26. The van der Waals surface area contributed by atoms with Crippen molar-refractivity contribution in [1.82, 2.24) is 9.80 Å². The molecule has 7 heteroatoms. The number of hydrogen-bond acceptors (Lipinski definition) is 4. The van der Waals surface area contributed by atoms with Gasteiger partial charge in [-0.2, -0.15) is 0 Å². The molecule has 1 fully saturated rings. The van der Waals surface area contributed by atoms with Crippen LogP contribution < -0.4 is 0 Å². The Morgan fingerprint density at radius 3 is 2.24 bits per heavy atom. The highest BCUT2D eigenvalue weighted by Gasteiger charge is 2.37. The second-order valence-electron chi connectivity index (χ2n) is 6.88. The van der Waals surface area contributed by atoms with Crippen molar-refractivity contribution in [3.63, 3.8) is 0 Å². The third kappa shape index (κ3) is 4.79. The highest BCUT2D eigenvalue weighted by atomic mass is 28.4. The molecule has 1 aliphatic heterocycles. The molecule has 0 bridgehead atoms. The minimum Gasteiger partial charge on any atom is -0.414 e. The monoisotopic (exact) mass is 316 g/mol. The average molecular weight is 316 g/mol. The second-order valence-corrected chi connectivity index (χ2v) is 11.7. The van der Waals surface area contributed by atoms with Gasteiger partial charge in [0.05, 0.1) is 19.8 Å². The van der Waals surface area contributed by atoms with E-state index in [-0.39, 0.29) is 23.5 Å². The maximum absolute atomic E-state index is 11.6. The fourth-order valence-corrected chi connectivity index (χ4v) is 2.71. The summed E-state index contributed by atoms with van der Waals surface area (Å²) in [5.41, 5.74) is 0. The van der Waals surface area contributed by atoms with E-state index in [4.69, 9.17) is 9.16 Å². The van der Waals surface area contributed by atoms with Crippen LogP contribution in [0.3, 0.4) is 0 Å². The van der Waals surface area contributed by atoms with Gasteiger partial charge < -0.3 is 14.1 Å². The van der Waals surface area contributed by atoms with Crippen LogP contribution in [0.15, 0.2) is 0 Å². The van der Waals surface area contributed by atoms with Gasteiger partial charge in [-0.05, 0) is 18.1 Å². The molecular formula is C14H28N2O4Si. The summed E-state index contributed by atoms with van der Waals surface area (Å²) in [6.07, 6.45) is 0. The highest BCUT2D eigenvalue weighted by molar-refractivity contribution is 6.74. The molecule has 1 aliphatic rings. The van der Waals surface area contributed by atoms with Gasteiger partial charge in [0.15, 0.2) is 8.32 Å². The van der Waals surface area contributed by atoms with Crippen LogP contribution in [0.4, 0.5) is 4.79 Å². The molecule has 1 saturated heterocycles. The number of ether oxygens (including phenoxy) is 1. The maximum Gasteiger partial charge on any atom is 0.327 e. The van der Waals surface area contributed by atoms with E-state index in [1.807, 2.05) is 0 Å². The predicted octanol–water partition coefficient (Wildman–Crippen LogP) is 1.92. The SMILES string of the molecule is CN1C(=O)CN(CCOCCO[Si](C)(C)C(C)(C)C)C1=O. The van der Waals surface area contributed by atoms with Gasteiger partial charge >= 0.3 is 6.03 Å². The first-order chi connectivity index (χ1) is 9.56. The summed E-state index contributed by atoms with van der Waals surface area (Å²) in [4.78, 5) is 25.6. The van der Waals surface area contributed by atoms with E-state index in [9.17, 15) is 9.59 Å². The van der Waals surface area contributed by atoms with Crippen molar-refractivity contribution in [3.05, 3.63) is 0 Å². The zero-order valence-corrected chi connectivity index (χ0v) is 15.1. The molecule has 6 nitrogen and oxygen atoms in total. The van der Waals surface area contributed by atoms with E-state index < -0.39 is 8.32 Å². The number of imide groups is 1. The number of amides is 3. The smallest absolute Gasteiger partial charge is 0.327 e. The summed E-state index contributed by atoms with van der Waals surface area (Å²) in [7, 11) is -0.217. The van der Waals surface area contributed by atoms with Gasteiger partial charge in [0.1, 0.15) is 6.54 Å². The summed E-state index contributed by atoms with van der Waals surface area (Å²) < 4.78 is 11.5. The second kappa shape index (κ2) is 6.89. The van der Waals surface area contributed by atoms with Crippen LogP contribution in [0, 0.1) is 0 Å². The van der Waals surface area contributed by atoms with Gasteiger partial charge in [-0.1, -0.05) is 20.8 Å². The standard InChI is InChI=1S/C14H28N2O4Si/c1-14(2,3)21(5,6)20-10-9-19-8-7-16-11-12(17)15(4)13(16)18/h7-11H2,1-6H3. The van der Waals surface area contributed by atoms with E-state index >= 15 is 0 Å². The Morgan fingerprint density at radius 2 is 1.76 bits per heavy atom. The van der Waals surface area contributed by atoms with Crippen molar-refractivity contribution in [1.29, 1.82) is 0 Å². The van der Waals surface area contributed by atoms with E-state index in [2.05, 4.69) is 33.9 Å². The normalized spacial score (nSPS) is 17.0. The highest BCUT2D eigenvalue weighted by Crippen LogP contribution is 2.36. The molecule has 1 heterocycles. The fraction of sp³-hybridized carbons (Fsp3) is 0.857. The number of nitrogens with zero attached hydrogens (tertiary/aromatic N) is 2. The molecule has 0 aromatic carbocycles. The zero-order chi connectivity index (χ0) is 16.3. The van der Waals surface area contributed by atoms with Crippen LogP contribution in [0.25, 0.3) is 0 Å². The van der Waals surface area contributed by atoms with Crippen LogP contribution in [0.1, 0.15) is 20.8 Å². The summed E-state index contributed by atoms with van der Waals surface area (Å²) >= 11 is 0. The number of carbonyl (C=O) groups is 2. The number of rotatable bonds is 7. The van der Waals surface area contributed by atoms with Gasteiger partial charge in [-0.15, -0.1) is 0 Å². The molecule has 1 rings (SSSR count). The summed E-state index contributed by atoms with van der Waals surface area (Å²) in [5, 5.41) is 0.194. The lowest BCUT2D eigenvalue weighted by atomic mass is 10.2. The van der Waals surface area contributed by atoms with E-state index in [0.717, 1.165) is 4.90 Å². The zero-order valence-electron chi connectivity index (χ0n) is 14.1. The molecule has 0 radical (unpaired) electrons. The van der Waals surface area contributed by atoms with E-state index in [1.165, 1.54) is 11.9 Å². The Balaban J connectivity index is 2.16. The summed E-state index contributed by atoms with van der Waals surface area (Å²) in [6.45, 7) is 13.1. The van der Waals surface area contributed by atoms with Crippen molar-refractivity contribution in [2.24, 2.45) is 0 Å². The molecule has 122 valence electrons. The molecule has 0 spiro atoms. The van der Waals surface area contributed by atoms with Crippen molar-refractivity contribution < 1.29 is 18.8 Å². The fourth-order valence-electron chi connectivity index (χ4n) is 1.68. The molecule has 0 unspecified atom stereocenters. The Hall–Kier alpha value is -0.923. The van der Waals surface area contributed by atoms with Crippen LogP contribution in [-0.2, 0) is 14.0 Å².